The quantitative estimate of drug-likeness (QED) is 0.761. The SMILES string of the molecule is CCc1cc(Cl)c(C)c(C#N)c1-c1cc(F)cc(F)c1. The average molecular weight is 292 g/mol. The summed E-state index contributed by atoms with van der Waals surface area (Å²) in [6.45, 7) is 3.63. The molecule has 2 aromatic rings. The van der Waals surface area contributed by atoms with E-state index in [2.05, 4.69) is 6.07 Å². The molecule has 1 nitrogen and oxygen atoms in total. The number of benzene rings is 2. The molecule has 0 aromatic heterocycles. The number of hydrogen-bond donors (Lipinski definition) is 0. The van der Waals surface area contributed by atoms with Crippen molar-refractivity contribution in [2.24, 2.45) is 0 Å². The van der Waals surface area contributed by atoms with Crippen LogP contribution in [0.4, 0.5) is 8.78 Å². The van der Waals surface area contributed by atoms with Crippen molar-refractivity contribution in [3.63, 3.8) is 0 Å². The van der Waals surface area contributed by atoms with E-state index in [9.17, 15) is 14.0 Å². The maximum absolute atomic E-state index is 13.4. The van der Waals surface area contributed by atoms with Gasteiger partial charge in [0, 0.05) is 16.7 Å². The number of halogens is 3. The van der Waals surface area contributed by atoms with E-state index >= 15 is 0 Å². The Bertz CT molecular complexity index is 697. The average Bonchev–Trinajstić information content (AvgIpc) is 2.39. The standard InChI is InChI=1S/C16H12ClF2N/c1-3-10-6-15(17)9(2)14(8-20)16(10)11-4-12(18)7-13(19)5-11/h4-7H,3H2,1-2H3. The van der Waals surface area contributed by atoms with Gasteiger partial charge in [-0.2, -0.15) is 5.26 Å². The van der Waals surface area contributed by atoms with E-state index < -0.39 is 11.6 Å². The Labute approximate surface area is 121 Å². The zero-order valence-corrected chi connectivity index (χ0v) is 11.9. The van der Waals surface area contributed by atoms with Crippen molar-refractivity contribution >= 4 is 11.6 Å². The van der Waals surface area contributed by atoms with Crippen LogP contribution in [0.1, 0.15) is 23.6 Å². The molecule has 4 heteroatoms. The Kier molecular flexibility index (Phi) is 4.06. The fourth-order valence-corrected chi connectivity index (χ4v) is 2.47. The summed E-state index contributed by atoms with van der Waals surface area (Å²) in [6.07, 6.45) is 0.613. The van der Waals surface area contributed by atoms with E-state index in [1.807, 2.05) is 6.92 Å². The van der Waals surface area contributed by atoms with Gasteiger partial charge in [0.15, 0.2) is 0 Å². The lowest BCUT2D eigenvalue weighted by Gasteiger charge is -2.14. The van der Waals surface area contributed by atoms with Crippen LogP contribution in [0.5, 0.6) is 0 Å². The van der Waals surface area contributed by atoms with Gasteiger partial charge in [0.25, 0.3) is 0 Å². The first-order chi connectivity index (χ1) is 9.47. The smallest absolute Gasteiger partial charge is 0.126 e. The van der Waals surface area contributed by atoms with Crippen LogP contribution in [0.2, 0.25) is 5.02 Å². The molecule has 0 aliphatic carbocycles. The van der Waals surface area contributed by atoms with Gasteiger partial charge in [-0.15, -0.1) is 0 Å². The molecule has 0 N–H and O–H groups in total. The highest BCUT2D eigenvalue weighted by molar-refractivity contribution is 6.31. The van der Waals surface area contributed by atoms with E-state index in [0.29, 0.717) is 33.7 Å². The number of aryl methyl sites for hydroxylation is 1. The minimum absolute atomic E-state index is 0.357. The number of rotatable bonds is 2. The molecule has 102 valence electrons. The lowest BCUT2D eigenvalue weighted by molar-refractivity contribution is 0.584. The fraction of sp³-hybridized carbons (Fsp3) is 0.188. The van der Waals surface area contributed by atoms with Crippen molar-refractivity contribution < 1.29 is 8.78 Å². The molecule has 0 radical (unpaired) electrons. The molecule has 0 aliphatic heterocycles. The third-order valence-electron chi connectivity index (χ3n) is 3.25. The van der Waals surface area contributed by atoms with Crippen LogP contribution in [0.3, 0.4) is 0 Å². The fourth-order valence-electron chi connectivity index (χ4n) is 2.25. The molecule has 20 heavy (non-hydrogen) atoms. The molecule has 0 fully saturated rings. The third kappa shape index (κ3) is 2.52. The monoisotopic (exact) mass is 291 g/mol. The van der Waals surface area contributed by atoms with Crippen LogP contribution in [-0.4, -0.2) is 0 Å². The van der Waals surface area contributed by atoms with Gasteiger partial charge >= 0.3 is 0 Å². The van der Waals surface area contributed by atoms with Gasteiger partial charge < -0.3 is 0 Å². The van der Waals surface area contributed by atoms with Crippen molar-refractivity contribution in [2.45, 2.75) is 20.3 Å². The second-order valence-electron chi connectivity index (χ2n) is 4.52. The van der Waals surface area contributed by atoms with Crippen LogP contribution in [-0.2, 0) is 6.42 Å². The summed E-state index contributed by atoms with van der Waals surface area (Å²) in [4.78, 5) is 0. The molecular weight excluding hydrogens is 280 g/mol. The van der Waals surface area contributed by atoms with Crippen LogP contribution >= 0.6 is 11.6 Å². The van der Waals surface area contributed by atoms with Crippen molar-refractivity contribution in [1.82, 2.24) is 0 Å². The third-order valence-corrected chi connectivity index (χ3v) is 3.64. The molecule has 0 amide bonds. The molecule has 0 aliphatic rings. The topological polar surface area (TPSA) is 23.8 Å². The van der Waals surface area contributed by atoms with Crippen LogP contribution < -0.4 is 0 Å². The number of hydrogen-bond acceptors (Lipinski definition) is 1. The molecule has 0 atom stereocenters. The van der Waals surface area contributed by atoms with Crippen molar-refractivity contribution in [3.05, 3.63) is 57.6 Å². The predicted octanol–water partition coefficient (Wildman–Crippen LogP) is 5.03. The molecular formula is C16H12ClF2N. The van der Waals surface area contributed by atoms with Crippen LogP contribution in [0.15, 0.2) is 24.3 Å². The molecule has 0 heterocycles. The Hall–Kier alpha value is -1.92. The summed E-state index contributed by atoms with van der Waals surface area (Å²) in [6, 6.07) is 7.10. The highest BCUT2D eigenvalue weighted by atomic mass is 35.5. The second-order valence-corrected chi connectivity index (χ2v) is 4.92. The molecule has 2 aromatic carbocycles. The van der Waals surface area contributed by atoms with Gasteiger partial charge in [-0.3, -0.25) is 0 Å². The Morgan fingerprint density at radius 2 is 1.75 bits per heavy atom. The van der Waals surface area contributed by atoms with Gasteiger partial charge in [-0.25, -0.2) is 8.78 Å². The van der Waals surface area contributed by atoms with Gasteiger partial charge in [0.2, 0.25) is 0 Å². The first kappa shape index (κ1) is 14.5. The zero-order valence-electron chi connectivity index (χ0n) is 11.1. The predicted molar refractivity (Wildman–Crippen MR) is 75.6 cm³/mol. The van der Waals surface area contributed by atoms with Crippen LogP contribution in [0.25, 0.3) is 11.1 Å². The zero-order chi connectivity index (χ0) is 14.9. The normalized spacial score (nSPS) is 10.4. The van der Waals surface area contributed by atoms with Crippen molar-refractivity contribution in [3.8, 4) is 17.2 Å². The number of nitriles is 1. The summed E-state index contributed by atoms with van der Waals surface area (Å²) in [5.41, 5.74) is 2.68. The highest BCUT2D eigenvalue weighted by Gasteiger charge is 2.16. The Balaban J connectivity index is 2.85. The molecule has 0 bridgehead atoms. The van der Waals surface area contributed by atoms with E-state index in [0.717, 1.165) is 11.6 Å². The molecule has 0 spiro atoms. The molecule has 2 rings (SSSR count). The highest BCUT2D eigenvalue weighted by Crippen LogP contribution is 2.34. The summed E-state index contributed by atoms with van der Waals surface area (Å²) in [5, 5.41) is 9.83. The Morgan fingerprint density at radius 3 is 2.25 bits per heavy atom. The minimum atomic E-state index is -0.668. The van der Waals surface area contributed by atoms with Gasteiger partial charge in [-0.1, -0.05) is 18.5 Å². The van der Waals surface area contributed by atoms with E-state index in [4.69, 9.17) is 11.6 Å². The first-order valence-corrected chi connectivity index (χ1v) is 6.54. The van der Waals surface area contributed by atoms with Crippen molar-refractivity contribution in [1.29, 1.82) is 5.26 Å². The summed E-state index contributed by atoms with van der Waals surface area (Å²) in [5.74, 6) is -1.34. The Morgan fingerprint density at radius 1 is 1.15 bits per heavy atom. The number of nitrogens with zero attached hydrogens (tertiary/aromatic N) is 1. The largest absolute Gasteiger partial charge is 0.207 e. The first-order valence-electron chi connectivity index (χ1n) is 6.16. The lowest BCUT2D eigenvalue weighted by Crippen LogP contribution is -1.97. The molecule has 0 saturated carbocycles. The maximum Gasteiger partial charge on any atom is 0.126 e. The van der Waals surface area contributed by atoms with E-state index in [-0.39, 0.29) is 0 Å². The van der Waals surface area contributed by atoms with Gasteiger partial charge in [0.05, 0.1) is 5.56 Å². The summed E-state index contributed by atoms with van der Waals surface area (Å²) >= 11 is 6.10. The van der Waals surface area contributed by atoms with Gasteiger partial charge in [-0.05, 0) is 48.2 Å². The van der Waals surface area contributed by atoms with E-state index in [1.54, 1.807) is 13.0 Å². The second kappa shape index (κ2) is 5.60. The lowest BCUT2D eigenvalue weighted by atomic mass is 9.90. The summed E-state index contributed by atoms with van der Waals surface area (Å²) < 4.78 is 26.8. The van der Waals surface area contributed by atoms with Crippen molar-refractivity contribution in [2.75, 3.05) is 0 Å². The van der Waals surface area contributed by atoms with Crippen LogP contribution in [0, 0.1) is 29.9 Å². The molecule has 0 unspecified atom stereocenters. The summed E-state index contributed by atoms with van der Waals surface area (Å²) in [7, 11) is 0. The minimum Gasteiger partial charge on any atom is -0.207 e. The van der Waals surface area contributed by atoms with E-state index in [1.165, 1.54) is 12.1 Å². The maximum atomic E-state index is 13.4. The molecule has 0 saturated heterocycles. The van der Waals surface area contributed by atoms with Gasteiger partial charge in [0.1, 0.15) is 17.7 Å².